The van der Waals surface area contributed by atoms with Crippen LogP contribution < -0.4 is 5.32 Å². The highest BCUT2D eigenvalue weighted by molar-refractivity contribution is 6.29. The lowest BCUT2D eigenvalue weighted by Crippen LogP contribution is -2.26. The predicted octanol–water partition coefficient (Wildman–Crippen LogP) is 3.99. The number of aromatic nitrogens is 1. The van der Waals surface area contributed by atoms with Crippen LogP contribution in [0.3, 0.4) is 0 Å². The van der Waals surface area contributed by atoms with Gasteiger partial charge in [0.1, 0.15) is 11.0 Å². The summed E-state index contributed by atoms with van der Waals surface area (Å²) in [5.74, 6) is 1.36. The van der Waals surface area contributed by atoms with E-state index in [2.05, 4.69) is 23.3 Å². The van der Waals surface area contributed by atoms with Gasteiger partial charge in [-0.3, -0.25) is 0 Å². The maximum absolute atomic E-state index is 8.93. The van der Waals surface area contributed by atoms with E-state index in [-0.39, 0.29) is 0 Å². The van der Waals surface area contributed by atoms with Gasteiger partial charge in [-0.15, -0.1) is 0 Å². The number of nitrogens with one attached hydrogen (secondary N) is 1. The summed E-state index contributed by atoms with van der Waals surface area (Å²) < 4.78 is 0. The Hall–Kier alpha value is -1.27. The average Bonchev–Trinajstić information content (AvgIpc) is 2.54. The number of hydrogen-bond acceptors (Lipinski definition) is 3. The van der Waals surface area contributed by atoms with Crippen LogP contribution in [0.1, 0.15) is 44.6 Å². The smallest absolute Gasteiger partial charge is 0.132 e. The third-order valence-corrected chi connectivity index (χ3v) is 3.81. The molecule has 3 nitrogen and oxygen atoms in total. The number of pyridine rings is 1. The fourth-order valence-electron chi connectivity index (χ4n) is 2.53. The Balaban J connectivity index is 2.12. The molecule has 1 fully saturated rings. The number of rotatable bonds is 2. The van der Waals surface area contributed by atoms with Crippen LogP contribution in [0.2, 0.25) is 5.15 Å². The summed E-state index contributed by atoms with van der Waals surface area (Å²) in [5.41, 5.74) is 0.554. The minimum Gasteiger partial charge on any atom is -0.367 e. The zero-order chi connectivity index (χ0) is 13.0. The molecule has 0 radical (unpaired) electrons. The first kappa shape index (κ1) is 13.2. The van der Waals surface area contributed by atoms with E-state index in [0.29, 0.717) is 22.7 Å². The average molecular weight is 264 g/mol. The van der Waals surface area contributed by atoms with Crippen molar-refractivity contribution in [3.63, 3.8) is 0 Å². The van der Waals surface area contributed by atoms with Gasteiger partial charge in [0.05, 0.1) is 11.6 Å². The first-order valence-corrected chi connectivity index (χ1v) is 6.91. The van der Waals surface area contributed by atoms with E-state index >= 15 is 0 Å². The highest BCUT2D eigenvalue weighted by Crippen LogP contribution is 2.26. The van der Waals surface area contributed by atoms with Crippen molar-refractivity contribution in [2.75, 3.05) is 5.32 Å². The molecule has 0 bridgehead atoms. The van der Waals surface area contributed by atoms with Crippen LogP contribution in [0.25, 0.3) is 0 Å². The standard InChI is InChI=1S/C14H18ClN3/c1-10-5-3-2-4-6-12(10)17-14-8-11(9-16)7-13(15)18-14/h7-8,10,12H,2-6H2,1H3,(H,17,18). The minimum absolute atomic E-state index is 0.373. The zero-order valence-electron chi connectivity index (χ0n) is 10.6. The van der Waals surface area contributed by atoms with Gasteiger partial charge >= 0.3 is 0 Å². The fourth-order valence-corrected chi connectivity index (χ4v) is 2.74. The lowest BCUT2D eigenvalue weighted by molar-refractivity contribution is 0.455. The van der Waals surface area contributed by atoms with E-state index in [4.69, 9.17) is 16.9 Å². The van der Waals surface area contributed by atoms with Crippen LogP contribution >= 0.6 is 11.6 Å². The largest absolute Gasteiger partial charge is 0.367 e. The number of hydrogen-bond donors (Lipinski definition) is 1. The van der Waals surface area contributed by atoms with Gasteiger partial charge in [-0.2, -0.15) is 5.26 Å². The van der Waals surface area contributed by atoms with Crippen molar-refractivity contribution in [3.05, 3.63) is 22.8 Å². The third-order valence-electron chi connectivity index (χ3n) is 3.62. The molecule has 0 aromatic carbocycles. The summed E-state index contributed by atoms with van der Waals surface area (Å²) in [6.45, 7) is 2.28. The molecular formula is C14H18ClN3. The molecule has 1 N–H and O–H groups in total. The Labute approximate surface area is 113 Å². The second-order valence-corrected chi connectivity index (χ2v) is 5.43. The Kier molecular flexibility index (Phi) is 4.43. The van der Waals surface area contributed by atoms with Gasteiger partial charge in [-0.25, -0.2) is 4.98 Å². The van der Waals surface area contributed by atoms with Gasteiger partial charge in [-0.05, 0) is 30.9 Å². The Morgan fingerprint density at radius 3 is 2.89 bits per heavy atom. The highest BCUT2D eigenvalue weighted by atomic mass is 35.5. The number of halogens is 1. The molecule has 2 atom stereocenters. The lowest BCUT2D eigenvalue weighted by atomic mass is 9.97. The van der Waals surface area contributed by atoms with Gasteiger partial charge in [0, 0.05) is 6.04 Å². The lowest BCUT2D eigenvalue weighted by Gasteiger charge is -2.23. The summed E-state index contributed by atoms with van der Waals surface area (Å²) in [6, 6.07) is 5.89. The summed E-state index contributed by atoms with van der Waals surface area (Å²) in [6.07, 6.45) is 6.30. The molecule has 2 rings (SSSR count). The SMILES string of the molecule is CC1CCCCCC1Nc1cc(C#N)cc(Cl)n1. The molecule has 2 unspecified atom stereocenters. The van der Waals surface area contributed by atoms with Gasteiger partial charge in [-0.1, -0.05) is 37.8 Å². The molecular weight excluding hydrogens is 246 g/mol. The molecule has 0 saturated heterocycles. The minimum atomic E-state index is 0.373. The second kappa shape index (κ2) is 6.06. The molecule has 1 aliphatic rings. The summed E-state index contributed by atoms with van der Waals surface area (Å²) in [4.78, 5) is 4.24. The van der Waals surface area contributed by atoms with E-state index in [1.165, 1.54) is 25.7 Å². The molecule has 96 valence electrons. The Morgan fingerprint density at radius 1 is 1.33 bits per heavy atom. The number of nitrogens with zero attached hydrogens (tertiary/aromatic N) is 2. The third kappa shape index (κ3) is 3.36. The van der Waals surface area contributed by atoms with Crippen LogP contribution in [0.5, 0.6) is 0 Å². The maximum atomic E-state index is 8.93. The van der Waals surface area contributed by atoms with Gasteiger partial charge in [0.2, 0.25) is 0 Å². The van der Waals surface area contributed by atoms with Crippen LogP contribution in [-0.2, 0) is 0 Å². The fraction of sp³-hybridized carbons (Fsp3) is 0.571. The van der Waals surface area contributed by atoms with E-state index < -0.39 is 0 Å². The zero-order valence-corrected chi connectivity index (χ0v) is 11.4. The van der Waals surface area contributed by atoms with Crippen LogP contribution in [0.4, 0.5) is 5.82 Å². The predicted molar refractivity (Wildman–Crippen MR) is 73.6 cm³/mol. The van der Waals surface area contributed by atoms with Crippen molar-refractivity contribution in [3.8, 4) is 6.07 Å². The van der Waals surface area contributed by atoms with E-state index in [0.717, 1.165) is 12.2 Å². The van der Waals surface area contributed by atoms with Crippen molar-refractivity contribution in [2.24, 2.45) is 5.92 Å². The van der Waals surface area contributed by atoms with Crippen LogP contribution in [0.15, 0.2) is 12.1 Å². The molecule has 18 heavy (non-hydrogen) atoms. The van der Waals surface area contributed by atoms with E-state index in [9.17, 15) is 0 Å². The molecule has 4 heteroatoms. The molecule has 1 aromatic rings. The normalized spacial score (nSPS) is 24.1. The summed E-state index contributed by atoms with van der Waals surface area (Å²) >= 11 is 5.91. The molecule has 0 amide bonds. The van der Waals surface area contributed by atoms with Gasteiger partial charge in [0.15, 0.2) is 0 Å². The molecule has 1 heterocycles. The molecule has 1 aliphatic carbocycles. The second-order valence-electron chi connectivity index (χ2n) is 5.04. The molecule has 0 spiro atoms. The first-order valence-electron chi connectivity index (χ1n) is 6.53. The van der Waals surface area contributed by atoms with E-state index in [1.54, 1.807) is 12.1 Å². The quantitative estimate of drug-likeness (QED) is 0.648. The molecule has 1 saturated carbocycles. The monoisotopic (exact) mass is 263 g/mol. The maximum Gasteiger partial charge on any atom is 0.132 e. The van der Waals surface area contributed by atoms with E-state index in [1.807, 2.05) is 0 Å². The molecule has 0 aliphatic heterocycles. The summed E-state index contributed by atoms with van der Waals surface area (Å²) in [5, 5.41) is 12.7. The molecule has 1 aromatic heterocycles. The van der Waals surface area contributed by atoms with Gasteiger partial charge in [0.25, 0.3) is 0 Å². The Morgan fingerprint density at radius 2 is 2.11 bits per heavy atom. The van der Waals surface area contributed by atoms with Crippen LogP contribution in [0, 0.1) is 17.2 Å². The van der Waals surface area contributed by atoms with Crippen molar-refractivity contribution >= 4 is 17.4 Å². The van der Waals surface area contributed by atoms with Crippen molar-refractivity contribution in [1.82, 2.24) is 4.98 Å². The van der Waals surface area contributed by atoms with Crippen molar-refractivity contribution in [2.45, 2.75) is 45.1 Å². The highest BCUT2D eigenvalue weighted by Gasteiger charge is 2.20. The first-order chi connectivity index (χ1) is 8.69. The summed E-state index contributed by atoms with van der Waals surface area (Å²) in [7, 11) is 0. The topological polar surface area (TPSA) is 48.7 Å². The van der Waals surface area contributed by atoms with Crippen LogP contribution in [-0.4, -0.2) is 11.0 Å². The number of nitriles is 1. The number of anilines is 1. The van der Waals surface area contributed by atoms with Gasteiger partial charge < -0.3 is 5.32 Å². The Bertz CT molecular complexity index is 453. The van der Waals surface area contributed by atoms with Crippen molar-refractivity contribution < 1.29 is 0 Å². The van der Waals surface area contributed by atoms with Crippen molar-refractivity contribution in [1.29, 1.82) is 5.26 Å².